The number of rotatable bonds is 2. The van der Waals surface area contributed by atoms with Gasteiger partial charge in [0.2, 0.25) is 0 Å². The van der Waals surface area contributed by atoms with Crippen LogP contribution in [-0.4, -0.2) is 25.9 Å². The van der Waals surface area contributed by atoms with E-state index in [0.717, 1.165) is 33.0 Å². The molecule has 3 aromatic heterocycles. The molecular weight excluding hydrogens is 274 g/mol. The van der Waals surface area contributed by atoms with Crippen LogP contribution in [0.15, 0.2) is 6.07 Å². The maximum absolute atomic E-state index is 12.3. The van der Waals surface area contributed by atoms with Crippen molar-refractivity contribution in [1.82, 2.24) is 20.0 Å². The molecule has 0 fully saturated rings. The molecule has 0 aromatic carbocycles. The summed E-state index contributed by atoms with van der Waals surface area (Å²) in [5.74, 6) is -0.113. The molecule has 0 unspecified atom stereocenters. The van der Waals surface area contributed by atoms with E-state index in [1.807, 2.05) is 33.9 Å². The van der Waals surface area contributed by atoms with E-state index in [0.29, 0.717) is 4.88 Å². The Labute approximate surface area is 119 Å². The van der Waals surface area contributed by atoms with Gasteiger partial charge in [-0.2, -0.15) is 10.2 Å². The molecule has 0 aliphatic carbocycles. The third kappa shape index (κ3) is 1.90. The second-order valence-electron chi connectivity index (χ2n) is 4.80. The van der Waals surface area contributed by atoms with Crippen molar-refractivity contribution in [2.75, 3.05) is 5.32 Å². The summed E-state index contributed by atoms with van der Waals surface area (Å²) in [6, 6.07) is 1.89. The monoisotopic (exact) mass is 289 g/mol. The van der Waals surface area contributed by atoms with Crippen LogP contribution in [0.2, 0.25) is 0 Å². The van der Waals surface area contributed by atoms with E-state index < -0.39 is 0 Å². The third-order valence-corrected chi connectivity index (χ3v) is 4.49. The summed E-state index contributed by atoms with van der Waals surface area (Å²) < 4.78 is 1.81. The van der Waals surface area contributed by atoms with Crippen LogP contribution in [0.1, 0.15) is 26.8 Å². The molecule has 104 valence electrons. The highest BCUT2D eigenvalue weighted by Gasteiger charge is 2.17. The average molecular weight is 289 g/mol. The molecule has 0 saturated heterocycles. The molecule has 7 heteroatoms. The Balaban J connectivity index is 1.95. The maximum atomic E-state index is 12.3. The van der Waals surface area contributed by atoms with Gasteiger partial charge in [0, 0.05) is 12.4 Å². The Morgan fingerprint density at radius 3 is 2.70 bits per heavy atom. The molecule has 0 bridgehead atoms. The SMILES string of the molecule is Cc1n[nH]c(C)c1NC(=O)c1cc2c(C)nn(C)c2s1. The molecule has 0 aliphatic rings. The molecule has 3 aromatic rings. The number of nitrogens with zero attached hydrogens (tertiary/aromatic N) is 3. The van der Waals surface area contributed by atoms with E-state index in [-0.39, 0.29) is 5.91 Å². The summed E-state index contributed by atoms with van der Waals surface area (Å²) in [6.45, 7) is 5.69. The van der Waals surface area contributed by atoms with Gasteiger partial charge in [0.1, 0.15) is 4.83 Å². The topological polar surface area (TPSA) is 75.6 Å². The molecule has 20 heavy (non-hydrogen) atoms. The largest absolute Gasteiger partial charge is 0.318 e. The molecule has 0 spiro atoms. The second kappa shape index (κ2) is 4.45. The first-order valence-electron chi connectivity index (χ1n) is 6.23. The first kappa shape index (κ1) is 12.9. The number of carbonyl (C=O) groups is 1. The normalized spacial score (nSPS) is 11.2. The van der Waals surface area contributed by atoms with Crippen molar-refractivity contribution >= 4 is 33.1 Å². The Hall–Kier alpha value is -2.15. The van der Waals surface area contributed by atoms with Crippen molar-refractivity contribution in [1.29, 1.82) is 0 Å². The Bertz CT molecular complexity index is 756. The quantitative estimate of drug-likeness (QED) is 0.761. The zero-order valence-corrected chi connectivity index (χ0v) is 12.6. The van der Waals surface area contributed by atoms with Crippen molar-refractivity contribution in [3.05, 3.63) is 28.0 Å². The fourth-order valence-electron chi connectivity index (χ4n) is 2.23. The number of nitrogens with one attached hydrogen (secondary N) is 2. The average Bonchev–Trinajstić information content (AvgIpc) is 3.03. The number of aromatic amines is 1. The first-order chi connectivity index (χ1) is 9.47. The number of aryl methyl sites for hydroxylation is 4. The molecule has 0 radical (unpaired) electrons. The van der Waals surface area contributed by atoms with E-state index in [2.05, 4.69) is 20.6 Å². The van der Waals surface area contributed by atoms with Crippen molar-refractivity contribution in [3.8, 4) is 0 Å². The van der Waals surface area contributed by atoms with E-state index in [1.54, 1.807) is 4.68 Å². The fourth-order valence-corrected chi connectivity index (χ4v) is 3.25. The van der Waals surface area contributed by atoms with Crippen LogP contribution >= 0.6 is 11.3 Å². The Morgan fingerprint density at radius 2 is 2.10 bits per heavy atom. The van der Waals surface area contributed by atoms with Crippen molar-refractivity contribution in [3.63, 3.8) is 0 Å². The molecule has 6 nitrogen and oxygen atoms in total. The molecular formula is C13H15N5OS. The van der Waals surface area contributed by atoms with Gasteiger partial charge in [-0.1, -0.05) is 0 Å². The zero-order valence-electron chi connectivity index (χ0n) is 11.7. The predicted molar refractivity (Wildman–Crippen MR) is 79.3 cm³/mol. The van der Waals surface area contributed by atoms with Gasteiger partial charge < -0.3 is 5.32 Å². The minimum Gasteiger partial charge on any atom is -0.318 e. The number of amides is 1. The summed E-state index contributed by atoms with van der Waals surface area (Å²) in [4.78, 5) is 14.0. The molecule has 0 aliphatic heterocycles. The second-order valence-corrected chi connectivity index (χ2v) is 5.83. The number of H-pyrrole nitrogens is 1. The summed E-state index contributed by atoms with van der Waals surface area (Å²) in [6.07, 6.45) is 0. The summed E-state index contributed by atoms with van der Waals surface area (Å²) >= 11 is 1.44. The summed E-state index contributed by atoms with van der Waals surface area (Å²) in [5.41, 5.74) is 3.33. The van der Waals surface area contributed by atoms with Crippen LogP contribution in [0.25, 0.3) is 10.2 Å². The zero-order chi connectivity index (χ0) is 14.4. The first-order valence-corrected chi connectivity index (χ1v) is 7.05. The number of fused-ring (bicyclic) bond motifs is 1. The third-order valence-electron chi connectivity index (χ3n) is 3.29. The van der Waals surface area contributed by atoms with Crippen LogP contribution in [0, 0.1) is 20.8 Å². The van der Waals surface area contributed by atoms with Crippen LogP contribution in [0.3, 0.4) is 0 Å². The maximum Gasteiger partial charge on any atom is 0.265 e. The van der Waals surface area contributed by atoms with E-state index >= 15 is 0 Å². The van der Waals surface area contributed by atoms with Gasteiger partial charge in [-0.05, 0) is 26.8 Å². The summed E-state index contributed by atoms with van der Waals surface area (Å²) in [7, 11) is 1.89. The lowest BCUT2D eigenvalue weighted by molar-refractivity contribution is 0.103. The number of carbonyl (C=O) groups excluding carboxylic acids is 1. The smallest absolute Gasteiger partial charge is 0.265 e. The molecule has 0 saturated carbocycles. The van der Waals surface area contributed by atoms with Crippen LogP contribution in [-0.2, 0) is 7.05 Å². The van der Waals surface area contributed by atoms with Gasteiger partial charge >= 0.3 is 0 Å². The molecule has 0 atom stereocenters. The highest BCUT2D eigenvalue weighted by atomic mass is 32.1. The number of hydrogen-bond donors (Lipinski definition) is 2. The fraction of sp³-hybridized carbons (Fsp3) is 0.308. The predicted octanol–water partition coefficient (Wildman–Crippen LogP) is 2.54. The van der Waals surface area contributed by atoms with E-state index in [1.165, 1.54) is 11.3 Å². The number of anilines is 1. The summed E-state index contributed by atoms with van der Waals surface area (Å²) in [5, 5.41) is 15.2. The molecule has 3 heterocycles. The molecule has 1 amide bonds. The Kier molecular flexibility index (Phi) is 2.86. The number of thiophene rings is 1. The lowest BCUT2D eigenvalue weighted by Crippen LogP contribution is -2.11. The van der Waals surface area contributed by atoms with Crippen molar-refractivity contribution in [2.24, 2.45) is 7.05 Å². The van der Waals surface area contributed by atoms with E-state index in [9.17, 15) is 4.79 Å². The number of aromatic nitrogens is 4. The lowest BCUT2D eigenvalue weighted by atomic mass is 10.3. The Morgan fingerprint density at radius 1 is 1.35 bits per heavy atom. The van der Waals surface area contributed by atoms with Crippen LogP contribution in [0.5, 0.6) is 0 Å². The van der Waals surface area contributed by atoms with Gasteiger partial charge in [0.05, 0.1) is 27.6 Å². The number of hydrogen-bond acceptors (Lipinski definition) is 4. The van der Waals surface area contributed by atoms with Crippen LogP contribution < -0.4 is 5.32 Å². The van der Waals surface area contributed by atoms with E-state index in [4.69, 9.17) is 0 Å². The highest BCUT2D eigenvalue weighted by molar-refractivity contribution is 7.20. The van der Waals surface area contributed by atoms with Gasteiger partial charge in [0.15, 0.2) is 0 Å². The van der Waals surface area contributed by atoms with Gasteiger partial charge in [-0.3, -0.25) is 14.6 Å². The van der Waals surface area contributed by atoms with Crippen molar-refractivity contribution in [2.45, 2.75) is 20.8 Å². The van der Waals surface area contributed by atoms with Gasteiger partial charge in [-0.25, -0.2) is 0 Å². The minimum absolute atomic E-state index is 0.113. The van der Waals surface area contributed by atoms with Crippen LogP contribution in [0.4, 0.5) is 5.69 Å². The van der Waals surface area contributed by atoms with Gasteiger partial charge in [0.25, 0.3) is 5.91 Å². The highest BCUT2D eigenvalue weighted by Crippen LogP contribution is 2.28. The van der Waals surface area contributed by atoms with Crippen molar-refractivity contribution < 1.29 is 4.79 Å². The standard InChI is InChI=1S/C13H15N5OS/c1-6-9-5-10(20-13(9)18(4)17-6)12(19)14-11-7(2)15-16-8(11)3/h5H,1-4H3,(H,14,19)(H,15,16). The molecule has 3 rings (SSSR count). The molecule has 2 N–H and O–H groups in total. The van der Waals surface area contributed by atoms with Gasteiger partial charge in [-0.15, -0.1) is 11.3 Å². The lowest BCUT2D eigenvalue weighted by Gasteiger charge is -2.02. The minimum atomic E-state index is -0.113.